The molecule has 0 bridgehead atoms. The van der Waals surface area contributed by atoms with E-state index in [1.54, 1.807) is 12.4 Å². The van der Waals surface area contributed by atoms with Crippen molar-refractivity contribution in [3.63, 3.8) is 0 Å². The highest BCUT2D eigenvalue weighted by Crippen LogP contribution is 2.25. The molecule has 192 valence electrons. The van der Waals surface area contributed by atoms with E-state index in [1.165, 1.54) is 4.90 Å². The monoisotopic (exact) mass is 496 g/mol. The van der Waals surface area contributed by atoms with Crippen molar-refractivity contribution < 1.29 is 28.8 Å². The molecule has 11 nitrogen and oxygen atoms in total. The number of likely N-dealkylation sites (tertiary alicyclic amines) is 1. The van der Waals surface area contributed by atoms with Crippen LogP contribution in [0.1, 0.15) is 57.4 Å². The summed E-state index contributed by atoms with van der Waals surface area (Å²) in [5, 5.41) is 20.7. The van der Waals surface area contributed by atoms with Gasteiger partial charge in [-0.3, -0.25) is 14.6 Å². The van der Waals surface area contributed by atoms with Crippen molar-refractivity contribution in [2.45, 2.75) is 51.5 Å². The molecule has 3 aromatic rings. The van der Waals surface area contributed by atoms with Gasteiger partial charge in [-0.2, -0.15) is 0 Å². The number of hydrogen-bond acceptors (Lipinski definition) is 9. The Morgan fingerprint density at radius 1 is 1.22 bits per heavy atom. The van der Waals surface area contributed by atoms with Gasteiger partial charge in [0, 0.05) is 37.1 Å². The van der Waals surface area contributed by atoms with Crippen LogP contribution in [0.2, 0.25) is 0 Å². The van der Waals surface area contributed by atoms with Crippen LogP contribution in [-0.4, -0.2) is 58.5 Å². The number of Topliss-reactive ketones (excluding diaryl/α,β-unsaturated/α-hetero) is 1. The lowest BCUT2D eigenvalue weighted by atomic mass is 9.99. The minimum Gasteiger partial charge on any atom is -0.554 e. The van der Waals surface area contributed by atoms with Crippen LogP contribution in [0.4, 0.5) is 0 Å². The number of nitrogens with zero attached hydrogens (tertiary/aromatic N) is 4. The van der Waals surface area contributed by atoms with Gasteiger partial charge in [0.25, 0.3) is 5.89 Å². The summed E-state index contributed by atoms with van der Waals surface area (Å²) in [6.07, 6.45) is 7.95. The molecule has 1 aliphatic heterocycles. The van der Waals surface area contributed by atoms with Gasteiger partial charge in [-0.1, -0.05) is 19.8 Å². The molecule has 4 rings (SSSR count). The average molecular weight is 497 g/mol. The van der Waals surface area contributed by atoms with E-state index in [0.717, 1.165) is 43.3 Å². The van der Waals surface area contributed by atoms with Gasteiger partial charge < -0.3 is 24.5 Å². The van der Waals surface area contributed by atoms with E-state index in [1.807, 2.05) is 25.1 Å². The van der Waals surface area contributed by atoms with Crippen LogP contribution in [0.3, 0.4) is 0 Å². The van der Waals surface area contributed by atoms with Gasteiger partial charge in [0.05, 0.1) is 25.7 Å². The molecule has 2 N–H and O–H groups in total. The van der Waals surface area contributed by atoms with Crippen LogP contribution in [-0.2, 0) is 14.4 Å². The van der Waals surface area contributed by atoms with Gasteiger partial charge in [-0.15, -0.1) is 10.2 Å². The molecule has 11 heteroatoms. The van der Waals surface area contributed by atoms with Crippen molar-refractivity contribution in [1.29, 1.82) is 0 Å². The fourth-order valence-corrected chi connectivity index (χ4v) is 4.10. The maximum atomic E-state index is 12.7. The predicted molar refractivity (Wildman–Crippen MR) is 128 cm³/mol. The standard InChI is InChI=1S/C24H30N6O3.CH2O2/c1-3-18(31)7-5-4-6-8-20(27-22(32)17-14-30(2)15-17)23-28-29-24(33-23)21-10-9-16-13-25-12-11-19(16)26-21;2-1-3/h9-13,17,20H,3-8,14-15H2,1-2H3,(H,27,32);1H,(H,2,3)/t20-;/m0./s1. The summed E-state index contributed by atoms with van der Waals surface area (Å²) < 4.78 is 5.97. The summed E-state index contributed by atoms with van der Waals surface area (Å²) in [4.78, 5) is 42.5. The van der Waals surface area contributed by atoms with Crippen LogP contribution in [0.15, 0.2) is 35.0 Å². The molecular formula is C25H32N6O5. The number of unbranched alkanes of at least 4 members (excludes halogenated alkanes) is 2. The Hall–Kier alpha value is -3.73. The minimum atomic E-state index is -0.500. The molecule has 3 aromatic heterocycles. The number of fused-ring (bicyclic) bond motifs is 1. The Balaban J connectivity index is 0.00000115. The maximum absolute atomic E-state index is 12.7. The topological polar surface area (TPSA) is 155 Å². The number of carboxylic acid groups (broad SMARTS) is 1. The number of pyridine rings is 2. The largest absolute Gasteiger partial charge is 0.554 e. The highest BCUT2D eigenvalue weighted by atomic mass is 16.4. The second-order valence-corrected chi connectivity index (χ2v) is 8.92. The maximum Gasteiger partial charge on any atom is 0.266 e. The zero-order valence-corrected chi connectivity index (χ0v) is 20.6. The van der Waals surface area contributed by atoms with Gasteiger partial charge in [0.15, 0.2) is 0 Å². The molecule has 36 heavy (non-hydrogen) atoms. The van der Waals surface area contributed by atoms with Crippen LogP contribution in [0, 0.1) is 5.92 Å². The van der Waals surface area contributed by atoms with E-state index in [0.29, 0.717) is 36.7 Å². The van der Waals surface area contributed by atoms with Crippen molar-refractivity contribution in [3.8, 4) is 11.6 Å². The molecule has 4 heterocycles. The smallest absolute Gasteiger partial charge is 0.266 e. The molecule has 0 radical (unpaired) electrons. The van der Waals surface area contributed by atoms with Crippen LogP contribution in [0.25, 0.3) is 22.5 Å². The fourth-order valence-electron chi connectivity index (χ4n) is 4.10. The highest BCUT2D eigenvalue weighted by Gasteiger charge is 2.36. The lowest BCUT2D eigenvalue weighted by molar-refractivity contribution is -0.927. The molecular weight excluding hydrogens is 464 g/mol. The van der Waals surface area contributed by atoms with Crippen molar-refractivity contribution in [1.82, 2.24) is 25.5 Å². The molecule has 1 fully saturated rings. The fraction of sp³-hybridized carbons (Fsp3) is 0.480. The van der Waals surface area contributed by atoms with E-state index in [2.05, 4.69) is 32.5 Å². The zero-order chi connectivity index (χ0) is 25.9. The van der Waals surface area contributed by atoms with Gasteiger partial charge in [-0.25, -0.2) is 4.98 Å². The second kappa shape index (κ2) is 13.4. The van der Waals surface area contributed by atoms with Gasteiger partial charge in [0.1, 0.15) is 23.4 Å². The number of ketones is 1. The van der Waals surface area contributed by atoms with E-state index < -0.39 is 6.47 Å². The first-order chi connectivity index (χ1) is 17.4. The van der Waals surface area contributed by atoms with E-state index in [-0.39, 0.29) is 23.7 Å². The molecule has 1 aliphatic rings. The number of quaternary nitrogens is 1. The molecule has 1 atom stereocenters. The summed E-state index contributed by atoms with van der Waals surface area (Å²) >= 11 is 0. The first kappa shape index (κ1) is 26.9. The zero-order valence-electron chi connectivity index (χ0n) is 20.6. The van der Waals surface area contributed by atoms with Crippen molar-refractivity contribution in [2.75, 3.05) is 20.1 Å². The number of amides is 1. The van der Waals surface area contributed by atoms with Gasteiger partial charge in [0.2, 0.25) is 11.8 Å². The molecule has 1 saturated heterocycles. The quantitative estimate of drug-likeness (QED) is 0.281. The van der Waals surface area contributed by atoms with Gasteiger partial charge in [-0.05, 0) is 31.0 Å². The summed E-state index contributed by atoms with van der Waals surface area (Å²) in [7, 11) is 2.08. The Morgan fingerprint density at radius 3 is 2.72 bits per heavy atom. The lowest BCUT2D eigenvalue weighted by Gasteiger charge is -2.32. The molecule has 1 amide bonds. The third-order valence-electron chi connectivity index (χ3n) is 6.17. The number of carbonyl (C=O) groups is 3. The molecule has 0 aromatic carbocycles. The second-order valence-electron chi connectivity index (χ2n) is 8.92. The van der Waals surface area contributed by atoms with Crippen LogP contribution in [0.5, 0.6) is 0 Å². The number of hydrogen-bond donors (Lipinski definition) is 2. The van der Waals surface area contributed by atoms with E-state index in [4.69, 9.17) is 14.3 Å². The summed E-state index contributed by atoms with van der Waals surface area (Å²) in [6.45, 7) is 3.06. The van der Waals surface area contributed by atoms with Crippen LogP contribution >= 0.6 is 0 Å². The Labute approximate surface area is 209 Å². The van der Waals surface area contributed by atoms with E-state index in [9.17, 15) is 9.59 Å². The van der Waals surface area contributed by atoms with E-state index >= 15 is 0 Å². The van der Waals surface area contributed by atoms with Gasteiger partial charge >= 0.3 is 0 Å². The predicted octanol–water partition coefficient (Wildman–Crippen LogP) is 0.277. The Bertz CT molecular complexity index is 1160. The molecule has 0 saturated carbocycles. The molecule has 0 spiro atoms. The first-order valence-corrected chi connectivity index (χ1v) is 12.2. The van der Waals surface area contributed by atoms with Crippen molar-refractivity contribution in [3.05, 3.63) is 36.5 Å². The third-order valence-corrected chi connectivity index (χ3v) is 6.17. The molecule has 0 aliphatic carbocycles. The Morgan fingerprint density at radius 2 is 2.00 bits per heavy atom. The summed E-state index contributed by atoms with van der Waals surface area (Å²) in [5.41, 5.74) is 1.38. The Kier molecular flexibility index (Phi) is 9.99. The number of carbonyl (C=O) groups excluding carboxylic acids is 3. The summed E-state index contributed by atoms with van der Waals surface area (Å²) in [6, 6.07) is 5.22. The first-order valence-electron chi connectivity index (χ1n) is 12.2. The highest BCUT2D eigenvalue weighted by molar-refractivity contribution is 5.80. The normalized spacial score (nSPS) is 17.4. The van der Waals surface area contributed by atoms with Crippen molar-refractivity contribution in [2.24, 2.45) is 5.92 Å². The van der Waals surface area contributed by atoms with Crippen molar-refractivity contribution >= 4 is 29.1 Å². The third kappa shape index (κ3) is 7.38. The minimum absolute atomic E-state index is 0.0211. The number of nitrogens with one attached hydrogen (secondary N) is 2. The van der Waals surface area contributed by atoms with Crippen LogP contribution < -0.4 is 15.3 Å². The summed E-state index contributed by atoms with van der Waals surface area (Å²) in [5.74, 6) is 1.05. The number of rotatable bonds is 11. The average Bonchev–Trinajstić information content (AvgIpc) is 3.36. The lowest BCUT2D eigenvalue weighted by Crippen LogP contribution is -3.18. The number of aromatic nitrogens is 4. The molecule has 0 unspecified atom stereocenters. The SMILES string of the molecule is CCC(=O)CCCCC[C@H](NC(=O)C1C[NH+](C)C1)c1nnc(-c2ccc3cnccc3n2)o1.O=C[O-].